The Morgan fingerprint density at radius 1 is 0.936 bits per heavy atom. The molecule has 2 aliphatic rings. The van der Waals surface area contributed by atoms with E-state index < -0.39 is 31.0 Å². The summed E-state index contributed by atoms with van der Waals surface area (Å²) >= 11 is 13.5. The third kappa shape index (κ3) is 9.23. The van der Waals surface area contributed by atoms with Gasteiger partial charge in [0.05, 0.1) is 18.8 Å². The van der Waals surface area contributed by atoms with Crippen molar-refractivity contribution < 1.29 is 35.1 Å². The van der Waals surface area contributed by atoms with Crippen molar-refractivity contribution >= 4 is 29.1 Å². The molecule has 0 spiro atoms. The van der Waals surface area contributed by atoms with Gasteiger partial charge in [0.2, 0.25) is 5.91 Å². The summed E-state index contributed by atoms with van der Waals surface area (Å²) < 4.78 is 6.25. The van der Waals surface area contributed by atoms with E-state index in [1.807, 2.05) is 30.6 Å². The van der Waals surface area contributed by atoms with Gasteiger partial charge in [-0.2, -0.15) is 0 Å². The Morgan fingerprint density at radius 2 is 1.62 bits per heavy atom. The quantitative estimate of drug-likeness (QED) is 0.107. The molecule has 0 bridgehead atoms. The second-order valence-electron chi connectivity index (χ2n) is 12.9. The number of para-hydroxylation sites is 1. The molecular formula is C36H44Cl2N2O7. The van der Waals surface area contributed by atoms with Crippen molar-refractivity contribution in [3.8, 4) is 16.9 Å². The van der Waals surface area contributed by atoms with Crippen molar-refractivity contribution in [2.75, 3.05) is 13.2 Å². The van der Waals surface area contributed by atoms with E-state index >= 15 is 0 Å². The molecule has 2 fully saturated rings. The fraction of sp³-hybridized carbons (Fsp3) is 0.500. The molecule has 3 aromatic rings. The summed E-state index contributed by atoms with van der Waals surface area (Å²) in [7, 11) is 0. The van der Waals surface area contributed by atoms with E-state index in [4.69, 9.17) is 33.0 Å². The molecule has 11 heteroatoms. The van der Waals surface area contributed by atoms with E-state index in [1.54, 1.807) is 0 Å². The molecule has 2 saturated carbocycles. The lowest BCUT2D eigenvalue weighted by atomic mass is 9.85. The Kier molecular flexibility index (Phi) is 12.2. The van der Waals surface area contributed by atoms with Crippen LogP contribution in [0.25, 0.3) is 11.1 Å². The van der Waals surface area contributed by atoms with Crippen LogP contribution in [0.4, 0.5) is 0 Å². The standard InChI is InChI=1S/C36H44Cl2N2O7/c37-28-18-23(29(38)17-22(28)5-1-4-8-33(44)40-20-30(42)34(45)35(46)31(43)21-41)11-13-36(14-15-36)27-19-39-16-12-25(27)26-6-2-3-7-32(26)47-24-9-10-24/h2-3,6-7,12,16-19,24,30-31,34-35,41-43,45-46H,1,4-5,8-11,13-15,20-21H2,(H,40,44)/t30-,31+,34+,35+/m0/s1. The fourth-order valence-electron chi connectivity index (χ4n) is 5.99. The van der Waals surface area contributed by atoms with E-state index in [0.717, 1.165) is 61.0 Å². The number of aliphatic hydroxyl groups excluding tert-OH is 5. The maximum atomic E-state index is 12.2. The third-order valence-electron chi connectivity index (χ3n) is 9.26. The first-order valence-corrected chi connectivity index (χ1v) is 17.1. The van der Waals surface area contributed by atoms with E-state index in [0.29, 0.717) is 35.4 Å². The first-order chi connectivity index (χ1) is 22.6. The Labute approximate surface area is 285 Å². The molecule has 0 unspecified atom stereocenters. The number of pyridine rings is 1. The first kappa shape index (κ1) is 35.5. The monoisotopic (exact) mass is 686 g/mol. The number of aryl methyl sites for hydroxylation is 2. The van der Waals surface area contributed by atoms with Gasteiger partial charge in [0.25, 0.3) is 0 Å². The second-order valence-corrected chi connectivity index (χ2v) is 13.7. The number of rotatable bonds is 18. The zero-order chi connectivity index (χ0) is 33.6. The van der Waals surface area contributed by atoms with Gasteiger partial charge in [-0.3, -0.25) is 9.78 Å². The highest BCUT2D eigenvalue weighted by Crippen LogP contribution is 2.55. The highest BCUT2D eigenvalue weighted by molar-refractivity contribution is 6.34. The lowest BCUT2D eigenvalue weighted by Gasteiger charge is -2.25. The molecule has 5 rings (SSSR count). The third-order valence-corrected chi connectivity index (χ3v) is 9.97. The highest BCUT2D eigenvalue weighted by Gasteiger charge is 2.45. The molecule has 1 amide bonds. The van der Waals surface area contributed by atoms with Crippen LogP contribution >= 0.6 is 23.2 Å². The Balaban J connectivity index is 1.12. The van der Waals surface area contributed by atoms with Crippen LogP contribution in [-0.2, 0) is 23.1 Å². The molecule has 254 valence electrons. The van der Waals surface area contributed by atoms with Gasteiger partial charge in [-0.1, -0.05) is 41.4 Å². The molecular weight excluding hydrogens is 643 g/mol. The van der Waals surface area contributed by atoms with Crippen LogP contribution in [0.1, 0.15) is 68.1 Å². The maximum absolute atomic E-state index is 12.2. The van der Waals surface area contributed by atoms with Crippen LogP contribution in [0, 0.1) is 0 Å². The number of aromatic nitrogens is 1. The lowest BCUT2D eigenvalue weighted by Crippen LogP contribution is -2.49. The number of nitrogens with zero attached hydrogens (tertiary/aromatic N) is 1. The Morgan fingerprint density at radius 3 is 2.30 bits per heavy atom. The van der Waals surface area contributed by atoms with E-state index in [1.165, 1.54) is 11.1 Å². The molecule has 6 N–H and O–H groups in total. The van der Waals surface area contributed by atoms with Crippen molar-refractivity contribution in [2.24, 2.45) is 0 Å². The van der Waals surface area contributed by atoms with E-state index in [-0.39, 0.29) is 24.3 Å². The first-order valence-electron chi connectivity index (χ1n) is 16.4. The highest BCUT2D eigenvalue weighted by atomic mass is 35.5. The number of carbonyl (C=O) groups is 1. The van der Waals surface area contributed by atoms with Gasteiger partial charge in [0.15, 0.2) is 0 Å². The number of benzene rings is 2. The molecule has 9 nitrogen and oxygen atoms in total. The summed E-state index contributed by atoms with van der Waals surface area (Å²) in [4.78, 5) is 16.7. The number of carbonyl (C=O) groups excluding carboxylic acids is 1. The fourth-order valence-corrected chi connectivity index (χ4v) is 6.55. The Bertz CT molecular complexity index is 1510. The molecule has 1 heterocycles. The van der Waals surface area contributed by atoms with Crippen molar-refractivity contribution in [1.82, 2.24) is 10.3 Å². The summed E-state index contributed by atoms with van der Waals surface area (Å²) in [5.41, 5.74) is 5.48. The van der Waals surface area contributed by atoms with Crippen LogP contribution < -0.4 is 10.1 Å². The topological polar surface area (TPSA) is 152 Å². The van der Waals surface area contributed by atoms with Gasteiger partial charge in [0.1, 0.15) is 24.1 Å². The number of ether oxygens (including phenoxy) is 1. The zero-order valence-corrected chi connectivity index (χ0v) is 27.8. The molecule has 0 radical (unpaired) electrons. The zero-order valence-electron chi connectivity index (χ0n) is 26.3. The summed E-state index contributed by atoms with van der Waals surface area (Å²) in [6.07, 6.45) is 5.80. The van der Waals surface area contributed by atoms with Crippen LogP contribution in [-0.4, -0.2) is 80.1 Å². The minimum Gasteiger partial charge on any atom is -0.490 e. The minimum atomic E-state index is -1.74. The number of amides is 1. The summed E-state index contributed by atoms with van der Waals surface area (Å²) in [6.45, 7) is -1.07. The molecule has 1 aromatic heterocycles. The van der Waals surface area contributed by atoms with Crippen LogP contribution in [0.15, 0.2) is 54.9 Å². The summed E-state index contributed by atoms with van der Waals surface area (Å²) in [6, 6.07) is 14.2. The molecule has 0 aliphatic heterocycles. The smallest absolute Gasteiger partial charge is 0.220 e. The van der Waals surface area contributed by atoms with Crippen molar-refractivity contribution in [2.45, 2.75) is 100 Å². The second kappa shape index (κ2) is 16.1. The summed E-state index contributed by atoms with van der Waals surface area (Å²) in [5, 5.41) is 51.7. The molecule has 47 heavy (non-hydrogen) atoms. The largest absolute Gasteiger partial charge is 0.490 e. The van der Waals surface area contributed by atoms with Crippen molar-refractivity contribution in [3.63, 3.8) is 0 Å². The molecule has 2 aromatic carbocycles. The number of unbranched alkanes of at least 4 members (excludes halogenated alkanes) is 1. The SMILES string of the molecule is O=C(CCCCc1cc(Cl)c(CCC2(c3cnccc3-c3ccccc3OC3CC3)CC2)cc1Cl)NC[C@H](O)[C@@H](O)[C@H](O)[C@H](O)CO. The lowest BCUT2D eigenvalue weighted by molar-refractivity contribution is -0.126. The number of hydrogen-bond donors (Lipinski definition) is 6. The molecule has 0 saturated heterocycles. The number of aliphatic hydroxyl groups is 5. The van der Waals surface area contributed by atoms with Gasteiger partial charge in [-0.15, -0.1) is 0 Å². The summed E-state index contributed by atoms with van der Waals surface area (Å²) in [5.74, 6) is 0.605. The molecule has 2 aliphatic carbocycles. The van der Waals surface area contributed by atoms with Crippen LogP contribution in [0.3, 0.4) is 0 Å². The van der Waals surface area contributed by atoms with Crippen LogP contribution in [0.2, 0.25) is 10.0 Å². The van der Waals surface area contributed by atoms with Gasteiger partial charge in [0, 0.05) is 41.0 Å². The average Bonchev–Trinajstić information content (AvgIpc) is 4.03. The van der Waals surface area contributed by atoms with Gasteiger partial charge in [-0.05, 0) is 110 Å². The number of halogens is 2. The van der Waals surface area contributed by atoms with Gasteiger partial charge in [-0.25, -0.2) is 0 Å². The predicted octanol–water partition coefficient (Wildman–Crippen LogP) is 4.53. The van der Waals surface area contributed by atoms with E-state index in [9.17, 15) is 25.2 Å². The minimum absolute atomic E-state index is 0.0277. The van der Waals surface area contributed by atoms with Crippen LogP contribution in [0.5, 0.6) is 5.75 Å². The number of hydrogen-bond acceptors (Lipinski definition) is 8. The van der Waals surface area contributed by atoms with Gasteiger partial charge >= 0.3 is 0 Å². The maximum Gasteiger partial charge on any atom is 0.220 e. The predicted molar refractivity (Wildman–Crippen MR) is 181 cm³/mol. The molecule has 4 atom stereocenters. The number of nitrogens with one attached hydrogen (secondary N) is 1. The normalized spacial score (nSPS) is 17.9. The van der Waals surface area contributed by atoms with Crippen molar-refractivity contribution in [1.29, 1.82) is 0 Å². The van der Waals surface area contributed by atoms with Gasteiger partial charge < -0.3 is 35.6 Å². The average molecular weight is 688 g/mol. The van der Waals surface area contributed by atoms with E-state index in [2.05, 4.69) is 34.6 Å². The Hall–Kier alpha value is -2.76. The van der Waals surface area contributed by atoms with Crippen molar-refractivity contribution in [3.05, 3.63) is 81.6 Å².